The second-order valence-corrected chi connectivity index (χ2v) is 8.37. The summed E-state index contributed by atoms with van der Waals surface area (Å²) < 4.78 is 10.2. The van der Waals surface area contributed by atoms with Crippen LogP contribution in [0.2, 0.25) is 0 Å². The summed E-state index contributed by atoms with van der Waals surface area (Å²) in [5, 5.41) is 2.39. The van der Waals surface area contributed by atoms with E-state index in [0.29, 0.717) is 42.6 Å². The highest BCUT2D eigenvalue weighted by atomic mass is 32.1. The molecule has 0 fully saturated rings. The number of amides is 1. The number of unbranched alkanes of at least 4 members (excludes halogenated alkanes) is 3. The van der Waals surface area contributed by atoms with Gasteiger partial charge in [0.25, 0.3) is 5.91 Å². The lowest BCUT2D eigenvalue weighted by Gasteiger charge is -2.22. The van der Waals surface area contributed by atoms with Gasteiger partial charge in [-0.3, -0.25) is 4.79 Å². The molecular weight excluding hydrogens is 412 g/mol. The third-order valence-electron chi connectivity index (χ3n) is 4.95. The van der Waals surface area contributed by atoms with Gasteiger partial charge in [-0.15, -0.1) is 11.3 Å². The van der Waals surface area contributed by atoms with Gasteiger partial charge in [0.1, 0.15) is 5.01 Å². The lowest BCUT2D eigenvalue weighted by atomic mass is 10.0. The van der Waals surface area contributed by atoms with Crippen molar-refractivity contribution in [3.05, 3.63) is 51.5 Å². The number of hydrogen-bond acceptors (Lipinski definition) is 6. The van der Waals surface area contributed by atoms with E-state index in [4.69, 9.17) is 9.47 Å². The number of thiazole rings is 1. The molecule has 0 bridgehead atoms. The van der Waals surface area contributed by atoms with Crippen molar-refractivity contribution in [2.45, 2.75) is 58.9 Å². The molecule has 0 spiro atoms. The quantitative estimate of drug-likeness (QED) is 0.297. The summed E-state index contributed by atoms with van der Waals surface area (Å²) in [6, 6.07) is 7.92. The van der Waals surface area contributed by atoms with Crippen LogP contribution in [0.3, 0.4) is 0 Å². The summed E-state index contributed by atoms with van der Waals surface area (Å²) >= 11 is 1.36. The first-order valence-corrected chi connectivity index (χ1v) is 12.0. The van der Waals surface area contributed by atoms with Crippen LogP contribution in [-0.2, 0) is 22.4 Å². The third-order valence-corrected chi connectivity index (χ3v) is 5.78. The predicted octanol–water partition coefficient (Wildman–Crippen LogP) is 5.12. The molecule has 0 aliphatic carbocycles. The minimum atomic E-state index is -0.434. The maximum absolute atomic E-state index is 13.2. The summed E-state index contributed by atoms with van der Waals surface area (Å²) in [4.78, 5) is 31.2. The summed E-state index contributed by atoms with van der Waals surface area (Å²) in [6.45, 7) is 5.76. The van der Waals surface area contributed by atoms with Gasteiger partial charge in [0.2, 0.25) is 0 Å². The van der Waals surface area contributed by atoms with Crippen molar-refractivity contribution >= 4 is 23.2 Å². The first kappa shape index (κ1) is 25.0. The smallest absolute Gasteiger partial charge is 0.357 e. The summed E-state index contributed by atoms with van der Waals surface area (Å²) in [6.07, 6.45) is 6.69. The molecule has 1 amide bonds. The summed E-state index contributed by atoms with van der Waals surface area (Å²) in [7, 11) is 1.65. The number of nitrogens with zero attached hydrogens (tertiary/aromatic N) is 2. The molecular formula is C24H34N2O4S. The largest absolute Gasteiger partial charge is 0.461 e. The minimum Gasteiger partial charge on any atom is -0.461 e. The number of ether oxygens (including phenoxy) is 2. The average molecular weight is 447 g/mol. The fourth-order valence-electron chi connectivity index (χ4n) is 3.25. The molecule has 2 aromatic rings. The fraction of sp³-hybridized carbons (Fsp3) is 0.542. The minimum absolute atomic E-state index is 0.0403. The predicted molar refractivity (Wildman–Crippen MR) is 124 cm³/mol. The van der Waals surface area contributed by atoms with Crippen LogP contribution in [0.15, 0.2) is 29.6 Å². The molecule has 1 aromatic heterocycles. The molecule has 1 aromatic carbocycles. The van der Waals surface area contributed by atoms with E-state index >= 15 is 0 Å². The Balaban J connectivity index is 2.04. The van der Waals surface area contributed by atoms with E-state index in [1.807, 2.05) is 12.1 Å². The number of benzene rings is 1. The van der Waals surface area contributed by atoms with E-state index in [2.05, 4.69) is 24.0 Å². The zero-order chi connectivity index (χ0) is 22.5. The Morgan fingerprint density at radius 2 is 1.84 bits per heavy atom. The number of aromatic nitrogens is 1. The molecule has 0 atom stereocenters. The molecule has 0 saturated carbocycles. The maximum Gasteiger partial charge on any atom is 0.357 e. The molecule has 0 aliphatic heterocycles. The van der Waals surface area contributed by atoms with Crippen LogP contribution in [0, 0.1) is 0 Å². The maximum atomic E-state index is 13.2. The highest BCUT2D eigenvalue weighted by Crippen LogP contribution is 2.17. The van der Waals surface area contributed by atoms with Gasteiger partial charge < -0.3 is 14.4 Å². The first-order valence-electron chi connectivity index (χ1n) is 11.1. The van der Waals surface area contributed by atoms with Crippen molar-refractivity contribution in [1.82, 2.24) is 9.88 Å². The highest BCUT2D eigenvalue weighted by Gasteiger charge is 2.19. The number of esters is 1. The lowest BCUT2D eigenvalue weighted by Crippen LogP contribution is -2.32. The highest BCUT2D eigenvalue weighted by molar-refractivity contribution is 7.09. The van der Waals surface area contributed by atoms with Gasteiger partial charge in [-0.1, -0.05) is 38.3 Å². The van der Waals surface area contributed by atoms with Crippen molar-refractivity contribution in [2.24, 2.45) is 0 Å². The zero-order valence-electron chi connectivity index (χ0n) is 18.9. The summed E-state index contributed by atoms with van der Waals surface area (Å²) in [5.74, 6) is -0.474. The Hall–Kier alpha value is -2.25. The molecule has 170 valence electrons. The first-order chi connectivity index (χ1) is 15.1. The van der Waals surface area contributed by atoms with E-state index in [1.54, 1.807) is 24.3 Å². The van der Waals surface area contributed by atoms with E-state index in [1.165, 1.54) is 42.6 Å². The van der Waals surface area contributed by atoms with E-state index in [-0.39, 0.29) is 5.91 Å². The van der Waals surface area contributed by atoms with Gasteiger partial charge >= 0.3 is 5.97 Å². The van der Waals surface area contributed by atoms with Crippen molar-refractivity contribution in [1.29, 1.82) is 0 Å². The molecule has 0 unspecified atom stereocenters. The standard InChI is InChI=1S/C24H34N2O4S/c1-4-6-7-8-10-19-11-13-20(14-12-19)23(27)26(15-9-16-29-3)17-22-25-21(18-31-22)24(28)30-5-2/h11-14,18H,4-10,15-17H2,1-3H3. The Kier molecular flexibility index (Phi) is 11.2. The number of hydrogen-bond donors (Lipinski definition) is 0. The number of rotatable bonds is 14. The Morgan fingerprint density at radius 1 is 1.06 bits per heavy atom. The Bertz CT molecular complexity index is 804. The third kappa shape index (κ3) is 8.42. The normalized spacial score (nSPS) is 10.8. The Labute approximate surface area is 189 Å². The van der Waals surface area contributed by atoms with Crippen LogP contribution >= 0.6 is 11.3 Å². The van der Waals surface area contributed by atoms with Crippen LogP contribution in [0.4, 0.5) is 0 Å². The Morgan fingerprint density at radius 3 is 2.52 bits per heavy atom. The number of carbonyl (C=O) groups excluding carboxylic acids is 2. The van der Waals surface area contributed by atoms with Gasteiger partial charge in [0.05, 0.1) is 13.2 Å². The number of aryl methyl sites for hydroxylation is 1. The van der Waals surface area contributed by atoms with Gasteiger partial charge in [0.15, 0.2) is 5.69 Å². The number of methoxy groups -OCH3 is 1. The molecule has 31 heavy (non-hydrogen) atoms. The lowest BCUT2D eigenvalue weighted by molar-refractivity contribution is 0.0520. The zero-order valence-corrected chi connectivity index (χ0v) is 19.7. The molecule has 0 N–H and O–H groups in total. The van der Waals surface area contributed by atoms with Gasteiger partial charge in [-0.05, 0) is 43.9 Å². The molecule has 1 heterocycles. The summed E-state index contributed by atoms with van der Waals surface area (Å²) in [5.41, 5.74) is 2.22. The van der Waals surface area contributed by atoms with Crippen molar-refractivity contribution in [2.75, 3.05) is 26.9 Å². The molecule has 7 heteroatoms. The van der Waals surface area contributed by atoms with Crippen molar-refractivity contribution in [3.63, 3.8) is 0 Å². The molecule has 6 nitrogen and oxygen atoms in total. The van der Waals surface area contributed by atoms with Crippen molar-refractivity contribution in [3.8, 4) is 0 Å². The van der Waals surface area contributed by atoms with Gasteiger partial charge in [-0.2, -0.15) is 0 Å². The van der Waals surface area contributed by atoms with Crippen LogP contribution in [0.5, 0.6) is 0 Å². The molecule has 2 rings (SSSR count). The van der Waals surface area contributed by atoms with Crippen LogP contribution in [0.25, 0.3) is 0 Å². The second-order valence-electron chi connectivity index (χ2n) is 7.43. The average Bonchev–Trinajstić information content (AvgIpc) is 3.25. The van der Waals surface area contributed by atoms with Gasteiger partial charge in [0, 0.05) is 31.2 Å². The molecule has 0 saturated heterocycles. The monoisotopic (exact) mass is 446 g/mol. The SMILES string of the molecule is CCCCCCc1ccc(C(=O)N(CCCOC)Cc2nc(C(=O)OCC)cs2)cc1. The number of carbonyl (C=O) groups is 2. The topological polar surface area (TPSA) is 68.7 Å². The second kappa shape index (κ2) is 13.9. The fourth-order valence-corrected chi connectivity index (χ4v) is 4.03. The van der Waals surface area contributed by atoms with Crippen LogP contribution in [-0.4, -0.2) is 48.6 Å². The molecule has 0 radical (unpaired) electrons. The van der Waals surface area contributed by atoms with E-state index < -0.39 is 5.97 Å². The van der Waals surface area contributed by atoms with E-state index in [9.17, 15) is 9.59 Å². The van der Waals surface area contributed by atoms with Crippen LogP contribution in [0.1, 0.15) is 77.4 Å². The van der Waals surface area contributed by atoms with E-state index in [0.717, 1.165) is 12.8 Å². The van der Waals surface area contributed by atoms with Crippen LogP contribution < -0.4 is 0 Å². The molecule has 0 aliphatic rings. The van der Waals surface area contributed by atoms with Crippen molar-refractivity contribution < 1.29 is 19.1 Å². The van der Waals surface area contributed by atoms with Gasteiger partial charge in [-0.25, -0.2) is 9.78 Å².